The summed E-state index contributed by atoms with van der Waals surface area (Å²) in [5.74, 6) is 2.83. The highest BCUT2D eigenvalue weighted by atomic mass is 16.5. The van der Waals surface area contributed by atoms with E-state index in [1.165, 1.54) is 0 Å². The summed E-state index contributed by atoms with van der Waals surface area (Å²) in [6, 6.07) is 37.9. The smallest absolute Gasteiger partial charge is 0.161 e. The van der Waals surface area contributed by atoms with E-state index in [0.29, 0.717) is 23.0 Å². The van der Waals surface area contributed by atoms with Crippen LogP contribution in [0.4, 0.5) is 0 Å². The van der Waals surface area contributed by atoms with Crippen LogP contribution < -0.4 is 18.9 Å². The van der Waals surface area contributed by atoms with Gasteiger partial charge in [-0.15, -0.1) is 0 Å². The van der Waals surface area contributed by atoms with Gasteiger partial charge in [-0.25, -0.2) is 0 Å². The summed E-state index contributed by atoms with van der Waals surface area (Å²) >= 11 is 0. The first-order valence-corrected chi connectivity index (χ1v) is 13.8. The van der Waals surface area contributed by atoms with Crippen molar-refractivity contribution in [3.8, 4) is 45.3 Å². The Morgan fingerprint density at radius 1 is 0.405 bits per heavy atom. The highest BCUT2D eigenvalue weighted by molar-refractivity contribution is 6.02. The van der Waals surface area contributed by atoms with Gasteiger partial charge in [0.1, 0.15) is 0 Å². The van der Waals surface area contributed by atoms with E-state index in [-0.39, 0.29) is 0 Å². The zero-order chi connectivity index (χ0) is 29.1. The Kier molecular flexibility index (Phi) is 7.52. The van der Waals surface area contributed by atoms with Gasteiger partial charge in [-0.1, -0.05) is 72.8 Å². The second-order valence-electron chi connectivity index (χ2n) is 10.1. The van der Waals surface area contributed by atoms with Gasteiger partial charge in [0.05, 0.1) is 28.4 Å². The van der Waals surface area contributed by atoms with Gasteiger partial charge in [-0.05, 0) is 103 Å². The van der Waals surface area contributed by atoms with Crippen LogP contribution in [0.3, 0.4) is 0 Å². The largest absolute Gasteiger partial charge is 0.493 e. The average Bonchev–Trinajstić information content (AvgIpc) is 3.05. The SMILES string of the molecule is COc1cc2cc(C=Cc3cc(-c4ccccc4)c4cc(OC)c(OC)cc4c3)cc(-c3ccccc3)c2cc1OC. The molecule has 0 aromatic heterocycles. The van der Waals surface area contributed by atoms with E-state index >= 15 is 0 Å². The van der Waals surface area contributed by atoms with Crippen molar-refractivity contribution in [1.82, 2.24) is 0 Å². The van der Waals surface area contributed by atoms with Crippen molar-refractivity contribution >= 4 is 33.7 Å². The van der Waals surface area contributed by atoms with E-state index in [9.17, 15) is 0 Å². The number of ether oxygens (including phenoxy) is 4. The quantitative estimate of drug-likeness (QED) is 0.176. The predicted molar refractivity (Wildman–Crippen MR) is 174 cm³/mol. The molecule has 0 bridgehead atoms. The maximum Gasteiger partial charge on any atom is 0.161 e. The van der Waals surface area contributed by atoms with E-state index in [0.717, 1.165) is 54.9 Å². The van der Waals surface area contributed by atoms with E-state index < -0.39 is 0 Å². The van der Waals surface area contributed by atoms with E-state index in [1.54, 1.807) is 28.4 Å². The summed E-state index contributed by atoms with van der Waals surface area (Å²) in [6.07, 6.45) is 4.33. The van der Waals surface area contributed by atoms with E-state index in [1.807, 2.05) is 24.3 Å². The van der Waals surface area contributed by atoms with Crippen LogP contribution >= 0.6 is 0 Å². The van der Waals surface area contributed by atoms with Crippen molar-refractivity contribution in [2.75, 3.05) is 28.4 Å². The van der Waals surface area contributed by atoms with Crippen molar-refractivity contribution in [1.29, 1.82) is 0 Å². The molecule has 0 spiro atoms. The minimum Gasteiger partial charge on any atom is -0.493 e. The van der Waals surface area contributed by atoms with Crippen LogP contribution in [0.2, 0.25) is 0 Å². The molecule has 0 saturated heterocycles. The Morgan fingerprint density at radius 3 is 1.12 bits per heavy atom. The van der Waals surface area contributed by atoms with Crippen LogP contribution in [0.1, 0.15) is 11.1 Å². The zero-order valence-electron chi connectivity index (χ0n) is 24.2. The summed E-state index contributed by atoms with van der Waals surface area (Å²) in [4.78, 5) is 0. The first-order chi connectivity index (χ1) is 20.6. The standard InChI is InChI=1S/C38H32O4/c1-39-35-21-29-17-25(19-31(27-11-7-5-8-12-27)33(29)23-37(35)41-3)15-16-26-18-30-22-36(40-2)38(42-4)24-34(30)32(20-26)28-13-9-6-10-14-28/h5-24H,1-4H3. The third-order valence-electron chi connectivity index (χ3n) is 7.60. The molecule has 42 heavy (non-hydrogen) atoms. The van der Waals surface area contributed by atoms with Crippen molar-refractivity contribution in [3.63, 3.8) is 0 Å². The Hall–Kier alpha value is -5.22. The fourth-order valence-electron chi connectivity index (χ4n) is 5.52. The molecule has 0 fully saturated rings. The van der Waals surface area contributed by atoms with Gasteiger partial charge in [-0.3, -0.25) is 0 Å². The minimum absolute atomic E-state index is 0.705. The monoisotopic (exact) mass is 552 g/mol. The first-order valence-electron chi connectivity index (χ1n) is 13.8. The van der Waals surface area contributed by atoms with Gasteiger partial charge in [-0.2, -0.15) is 0 Å². The number of methoxy groups -OCH3 is 4. The van der Waals surface area contributed by atoms with Gasteiger partial charge in [0, 0.05) is 0 Å². The van der Waals surface area contributed by atoms with Crippen LogP contribution in [-0.2, 0) is 0 Å². The second kappa shape index (κ2) is 11.7. The molecule has 0 radical (unpaired) electrons. The van der Waals surface area contributed by atoms with Gasteiger partial charge in [0.2, 0.25) is 0 Å². The van der Waals surface area contributed by atoms with Crippen molar-refractivity contribution in [2.24, 2.45) is 0 Å². The van der Waals surface area contributed by atoms with Crippen LogP contribution in [-0.4, -0.2) is 28.4 Å². The van der Waals surface area contributed by atoms with E-state index in [4.69, 9.17) is 18.9 Å². The van der Waals surface area contributed by atoms with Crippen LogP contribution in [0.25, 0.3) is 56.0 Å². The van der Waals surface area contributed by atoms with Crippen molar-refractivity contribution in [3.05, 3.63) is 120 Å². The maximum absolute atomic E-state index is 5.63. The Labute approximate surface area is 246 Å². The molecule has 0 aliphatic rings. The van der Waals surface area contributed by atoms with Crippen molar-refractivity contribution < 1.29 is 18.9 Å². The summed E-state index contributed by atoms with van der Waals surface area (Å²) < 4.78 is 22.5. The normalized spacial score (nSPS) is 11.2. The van der Waals surface area contributed by atoms with Gasteiger partial charge in [0.25, 0.3) is 0 Å². The molecular weight excluding hydrogens is 520 g/mol. The highest BCUT2D eigenvalue weighted by Gasteiger charge is 2.13. The molecule has 0 atom stereocenters. The zero-order valence-corrected chi connectivity index (χ0v) is 24.2. The molecule has 6 aromatic carbocycles. The summed E-state index contributed by atoms with van der Waals surface area (Å²) in [7, 11) is 6.67. The summed E-state index contributed by atoms with van der Waals surface area (Å²) in [6.45, 7) is 0. The lowest BCUT2D eigenvalue weighted by Crippen LogP contribution is -1.92. The van der Waals surface area contributed by atoms with Crippen molar-refractivity contribution in [2.45, 2.75) is 0 Å². The molecule has 0 saturated carbocycles. The van der Waals surface area contributed by atoms with Gasteiger partial charge < -0.3 is 18.9 Å². The molecule has 4 nitrogen and oxygen atoms in total. The maximum atomic E-state index is 5.63. The van der Waals surface area contributed by atoms with Crippen LogP contribution in [0.5, 0.6) is 23.0 Å². The third kappa shape index (κ3) is 5.15. The molecule has 208 valence electrons. The first kappa shape index (κ1) is 27.0. The Bertz CT molecular complexity index is 1770. The molecular formula is C38H32O4. The number of fused-ring (bicyclic) bond motifs is 2. The molecule has 0 aliphatic heterocycles. The molecule has 6 rings (SSSR count). The lowest BCUT2D eigenvalue weighted by molar-refractivity contribution is 0.356. The molecule has 0 N–H and O–H groups in total. The van der Waals surface area contributed by atoms with E-state index in [2.05, 4.69) is 97.1 Å². The number of hydrogen-bond acceptors (Lipinski definition) is 4. The van der Waals surface area contributed by atoms with Gasteiger partial charge >= 0.3 is 0 Å². The number of rotatable bonds is 8. The lowest BCUT2D eigenvalue weighted by atomic mass is 9.93. The molecule has 0 heterocycles. The predicted octanol–water partition coefficient (Wildman–Crippen LogP) is 9.53. The minimum atomic E-state index is 0.705. The summed E-state index contributed by atoms with van der Waals surface area (Å²) in [5.41, 5.74) is 6.72. The molecule has 0 aliphatic carbocycles. The summed E-state index contributed by atoms with van der Waals surface area (Å²) in [5, 5.41) is 4.37. The topological polar surface area (TPSA) is 36.9 Å². The fraction of sp³-hybridized carbons (Fsp3) is 0.105. The number of benzene rings is 6. The molecule has 0 unspecified atom stereocenters. The highest BCUT2D eigenvalue weighted by Crippen LogP contribution is 2.40. The average molecular weight is 553 g/mol. The lowest BCUT2D eigenvalue weighted by Gasteiger charge is -2.14. The number of hydrogen-bond donors (Lipinski definition) is 0. The Morgan fingerprint density at radius 2 is 0.762 bits per heavy atom. The second-order valence-corrected chi connectivity index (χ2v) is 10.1. The third-order valence-corrected chi connectivity index (χ3v) is 7.60. The van der Waals surface area contributed by atoms with Crippen LogP contribution in [0, 0.1) is 0 Å². The van der Waals surface area contributed by atoms with Gasteiger partial charge in [0.15, 0.2) is 23.0 Å². The Balaban J connectivity index is 1.52. The molecule has 6 aromatic rings. The molecule has 4 heteroatoms. The fourth-order valence-corrected chi connectivity index (χ4v) is 5.52. The van der Waals surface area contributed by atoms with Crippen LogP contribution in [0.15, 0.2) is 109 Å². The molecule has 0 amide bonds.